The van der Waals surface area contributed by atoms with Crippen LogP contribution in [0.3, 0.4) is 0 Å². The molecule has 1 amide bonds. The van der Waals surface area contributed by atoms with Crippen LogP contribution in [-0.4, -0.2) is 10.9 Å². The topological polar surface area (TPSA) is 72.2 Å². The summed E-state index contributed by atoms with van der Waals surface area (Å²) < 4.78 is 5.87. The van der Waals surface area contributed by atoms with Gasteiger partial charge in [-0.2, -0.15) is 0 Å². The van der Waals surface area contributed by atoms with Crippen LogP contribution < -0.4 is 10.7 Å². The lowest BCUT2D eigenvalue weighted by Crippen LogP contribution is -2.11. The number of amides is 1. The number of hydrogen-bond donors (Lipinski definition) is 1. The molecule has 0 aliphatic heterocycles. The molecule has 4 rings (SSSR count). The molecular formula is C21H15ClN2O3S. The Hall–Kier alpha value is -2.96. The Morgan fingerprint density at radius 2 is 1.96 bits per heavy atom. The molecule has 0 atom stereocenters. The van der Waals surface area contributed by atoms with E-state index in [0.717, 1.165) is 16.8 Å². The highest BCUT2D eigenvalue weighted by Crippen LogP contribution is 2.24. The molecule has 0 bridgehead atoms. The van der Waals surface area contributed by atoms with Crippen LogP contribution in [0.4, 0.5) is 5.13 Å². The SMILES string of the molecule is Cc1ccc2oc(-c3ccc(C(=O)Nc4nc(CCl)cs4)cc3)cc(=O)c2c1. The summed E-state index contributed by atoms with van der Waals surface area (Å²) in [6.45, 7) is 1.93. The van der Waals surface area contributed by atoms with Gasteiger partial charge in [0.1, 0.15) is 11.3 Å². The maximum absolute atomic E-state index is 12.4. The van der Waals surface area contributed by atoms with E-state index < -0.39 is 0 Å². The van der Waals surface area contributed by atoms with Crippen LogP contribution in [-0.2, 0) is 5.88 Å². The van der Waals surface area contributed by atoms with Crippen molar-refractivity contribution in [2.75, 3.05) is 5.32 Å². The zero-order valence-electron chi connectivity index (χ0n) is 14.9. The fourth-order valence-corrected chi connectivity index (χ4v) is 3.73. The highest BCUT2D eigenvalue weighted by molar-refractivity contribution is 7.14. The molecule has 0 saturated heterocycles. The van der Waals surface area contributed by atoms with Crippen LogP contribution in [0.2, 0.25) is 0 Å². The number of halogens is 1. The first kappa shape index (κ1) is 18.4. The van der Waals surface area contributed by atoms with E-state index >= 15 is 0 Å². The minimum Gasteiger partial charge on any atom is -0.456 e. The summed E-state index contributed by atoms with van der Waals surface area (Å²) in [7, 11) is 0. The first-order chi connectivity index (χ1) is 13.5. The number of nitrogens with zero attached hydrogens (tertiary/aromatic N) is 1. The Kier molecular flexibility index (Phi) is 4.98. The average molecular weight is 411 g/mol. The molecule has 0 unspecified atom stereocenters. The second-order valence-corrected chi connectivity index (χ2v) is 7.41. The maximum Gasteiger partial charge on any atom is 0.257 e. The summed E-state index contributed by atoms with van der Waals surface area (Å²) in [6.07, 6.45) is 0. The molecule has 2 aromatic heterocycles. The van der Waals surface area contributed by atoms with E-state index in [1.165, 1.54) is 17.4 Å². The highest BCUT2D eigenvalue weighted by atomic mass is 35.5. The van der Waals surface area contributed by atoms with Gasteiger partial charge >= 0.3 is 0 Å². The minimum absolute atomic E-state index is 0.0966. The molecule has 2 heterocycles. The number of nitrogens with one attached hydrogen (secondary N) is 1. The average Bonchev–Trinajstić information content (AvgIpc) is 3.16. The number of thiazole rings is 1. The van der Waals surface area contributed by atoms with Crippen molar-refractivity contribution in [3.63, 3.8) is 0 Å². The summed E-state index contributed by atoms with van der Waals surface area (Å²) in [5.41, 5.74) is 3.36. The second-order valence-electron chi connectivity index (χ2n) is 6.28. The predicted octanol–water partition coefficient (Wildman–Crippen LogP) is 5.22. The third-order valence-electron chi connectivity index (χ3n) is 4.22. The third-order valence-corrected chi connectivity index (χ3v) is 5.30. The molecule has 0 aliphatic rings. The lowest BCUT2D eigenvalue weighted by molar-refractivity contribution is 0.102. The number of aromatic nitrogens is 1. The number of carbonyl (C=O) groups excluding carboxylic acids is 1. The Balaban J connectivity index is 1.59. The Morgan fingerprint density at radius 3 is 2.68 bits per heavy atom. The van der Waals surface area contributed by atoms with Crippen molar-refractivity contribution < 1.29 is 9.21 Å². The predicted molar refractivity (Wildman–Crippen MR) is 112 cm³/mol. The van der Waals surface area contributed by atoms with Crippen molar-refractivity contribution in [3.8, 4) is 11.3 Å². The van der Waals surface area contributed by atoms with Crippen LogP contribution in [0.25, 0.3) is 22.3 Å². The molecular weight excluding hydrogens is 396 g/mol. The molecule has 140 valence electrons. The van der Waals surface area contributed by atoms with E-state index in [1.54, 1.807) is 35.7 Å². The fraction of sp³-hybridized carbons (Fsp3) is 0.0952. The number of fused-ring (bicyclic) bond motifs is 1. The van der Waals surface area contributed by atoms with Crippen molar-refractivity contribution >= 4 is 44.9 Å². The van der Waals surface area contributed by atoms with Gasteiger partial charge in [0.05, 0.1) is 17.0 Å². The van der Waals surface area contributed by atoms with E-state index in [2.05, 4.69) is 10.3 Å². The van der Waals surface area contributed by atoms with E-state index in [-0.39, 0.29) is 11.3 Å². The summed E-state index contributed by atoms with van der Waals surface area (Å²) in [5, 5.41) is 5.60. The highest BCUT2D eigenvalue weighted by Gasteiger charge is 2.11. The lowest BCUT2D eigenvalue weighted by Gasteiger charge is -2.06. The standard InChI is InChI=1S/C21H15ClN2O3S/c1-12-2-7-18-16(8-12)17(25)9-19(27-18)13-3-5-14(6-4-13)20(26)24-21-23-15(10-22)11-28-21/h2-9,11H,10H2,1H3,(H,23,24,26). The number of benzene rings is 2. The van der Waals surface area contributed by atoms with Gasteiger partial charge in [0.2, 0.25) is 0 Å². The zero-order chi connectivity index (χ0) is 19.7. The number of anilines is 1. The van der Waals surface area contributed by atoms with Gasteiger partial charge in [-0.1, -0.05) is 23.8 Å². The Labute approximate surface area is 169 Å². The Morgan fingerprint density at radius 1 is 1.18 bits per heavy atom. The Bertz CT molecular complexity index is 1230. The van der Waals surface area contributed by atoms with Gasteiger partial charge in [-0.3, -0.25) is 14.9 Å². The van der Waals surface area contributed by atoms with E-state index in [9.17, 15) is 9.59 Å². The lowest BCUT2D eigenvalue weighted by atomic mass is 10.1. The first-order valence-corrected chi connectivity index (χ1v) is 9.91. The normalized spacial score (nSPS) is 10.9. The summed E-state index contributed by atoms with van der Waals surface area (Å²) in [4.78, 5) is 29.0. The number of rotatable bonds is 4. The van der Waals surface area contributed by atoms with Crippen molar-refractivity contribution in [3.05, 3.63) is 81.0 Å². The van der Waals surface area contributed by atoms with Gasteiger partial charge in [0.25, 0.3) is 5.91 Å². The van der Waals surface area contributed by atoms with Crippen LogP contribution in [0.15, 0.2) is 63.1 Å². The molecule has 4 aromatic rings. The molecule has 1 N–H and O–H groups in total. The van der Waals surface area contributed by atoms with Gasteiger partial charge in [-0.05, 0) is 31.2 Å². The number of alkyl halides is 1. The first-order valence-electron chi connectivity index (χ1n) is 8.50. The van der Waals surface area contributed by atoms with E-state index in [1.807, 2.05) is 19.1 Å². The van der Waals surface area contributed by atoms with Crippen LogP contribution in [0.5, 0.6) is 0 Å². The number of carbonyl (C=O) groups is 1. The van der Waals surface area contributed by atoms with Crippen molar-refractivity contribution in [1.82, 2.24) is 4.98 Å². The smallest absolute Gasteiger partial charge is 0.257 e. The molecule has 0 spiro atoms. The fourth-order valence-electron chi connectivity index (χ4n) is 2.79. The van der Waals surface area contributed by atoms with Crippen LogP contribution >= 0.6 is 22.9 Å². The van der Waals surface area contributed by atoms with E-state index in [0.29, 0.717) is 33.3 Å². The van der Waals surface area contributed by atoms with Gasteiger partial charge in [-0.25, -0.2) is 4.98 Å². The van der Waals surface area contributed by atoms with Crippen molar-refractivity contribution in [2.45, 2.75) is 12.8 Å². The van der Waals surface area contributed by atoms with Gasteiger partial charge < -0.3 is 4.42 Å². The van der Waals surface area contributed by atoms with Gasteiger partial charge in [-0.15, -0.1) is 22.9 Å². The number of hydrogen-bond acceptors (Lipinski definition) is 5. The molecule has 7 heteroatoms. The third kappa shape index (κ3) is 3.69. The van der Waals surface area contributed by atoms with Crippen molar-refractivity contribution in [2.24, 2.45) is 0 Å². The van der Waals surface area contributed by atoms with Crippen molar-refractivity contribution in [1.29, 1.82) is 0 Å². The molecule has 0 fully saturated rings. The van der Waals surface area contributed by atoms with Crippen LogP contribution in [0, 0.1) is 6.92 Å². The summed E-state index contributed by atoms with van der Waals surface area (Å²) >= 11 is 7.05. The molecule has 0 aliphatic carbocycles. The van der Waals surface area contributed by atoms with Gasteiger partial charge in [0.15, 0.2) is 10.6 Å². The maximum atomic E-state index is 12.4. The molecule has 0 saturated carbocycles. The molecule has 0 radical (unpaired) electrons. The quantitative estimate of drug-likeness (QED) is 0.468. The number of aryl methyl sites for hydroxylation is 1. The largest absolute Gasteiger partial charge is 0.456 e. The zero-order valence-corrected chi connectivity index (χ0v) is 16.4. The molecule has 2 aromatic carbocycles. The van der Waals surface area contributed by atoms with E-state index in [4.69, 9.17) is 16.0 Å². The second kappa shape index (κ2) is 7.58. The monoisotopic (exact) mass is 410 g/mol. The minimum atomic E-state index is -0.266. The summed E-state index contributed by atoms with van der Waals surface area (Å²) in [6, 6.07) is 13.8. The van der Waals surface area contributed by atoms with Gasteiger partial charge in [0, 0.05) is 22.6 Å². The van der Waals surface area contributed by atoms with Crippen LogP contribution in [0.1, 0.15) is 21.6 Å². The molecule has 28 heavy (non-hydrogen) atoms. The summed E-state index contributed by atoms with van der Waals surface area (Å²) in [5.74, 6) is 0.495. The molecule has 5 nitrogen and oxygen atoms in total.